The molecule has 0 aliphatic carbocycles. The summed E-state index contributed by atoms with van der Waals surface area (Å²) in [4.78, 5) is 11.1. The Bertz CT molecular complexity index is 681. The van der Waals surface area contributed by atoms with E-state index in [0.717, 1.165) is 15.4 Å². The topological polar surface area (TPSA) is 54.5 Å². The molecule has 1 aromatic carbocycles. The number of aliphatic imine (C=N–C) groups is 1. The Hall–Kier alpha value is -1.62. The summed E-state index contributed by atoms with van der Waals surface area (Å²) in [5.41, 5.74) is 8.23. The number of benzene rings is 1. The normalized spacial score (nSPS) is 18.9. The number of guanidine groups is 1. The average molecular weight is 333 g/mol. The highest BCUT2D eigenvalue weighted by Gasteiger charge is 2.30. The molecule has 0 bridgehead atoms. The molecule has 5 heteroatoms. The molecule has 0 fully saturated rings. The molecular weight excluding hydrogens is 316 g/mol. The Morgan fingerprint density at radius 1 is 1.35 bits per heavy atom. The Morgan fingerprint density at radius 2 is 2.15 bits per heavy atom. The zero-order chi connectivity index (χ0) is 14.3. The van der Waals surface area contributed by atoms with Crippen LogP contribution in [0, 0.1) is 0 Å². The minimum Gasteiger partial charge on any atom is -0.370 e. The second kappa shape index (κ2) is 5.05. The number of pyridine rings is 1. The van der Waals surface area contributed by atoms with Crippen molar-refractivity contribution in [2.75, 3.05) is 6.54 Å². The largest absolute Gasteiger partial charge is 0.370 e. The van der Waals surface area contributed by atoms with E-state index in [1.165, 1.54) is 5.56 Å². The van der Waals surface area contributed by atoms with Gasteiger partial charge in [-0.25, -0.2) is 0 Å². The van der Waals surface area contributed by atoms with Gasteiger partial charge in [0.05, 0.1) is 18.1 Å². The van der Waals surface area contributed by atoms with Crippen LogP contribution < -0.4 is 5.73 Å². The molecular formula is C15H17BrN4. The van der Waals surface area contributed by atoms with E-state index in [2.05, 4.69) is 62.9 Å². The molecule has 20 heavy (non-hydrogen) atoms. The fourth-order valence-electron chi connectivity index (χ4n) is 2.81. The SMILES string of the molecule is CC(C)N1C(N)=NCC1c1ccc(Br)c2cccnc12. The number of nitrogens with zero attached hydrogens (tertiary/aromatic N) is 3. The van der Waals surface area contributed by atoms with Gasteiger partial charge in [-0.15, -0.1) is 0 Å². The molecule has 1 aliphatic heterocycles. The molecule has 3 rings (SSSR count). The van der Waals surface area contributed by atoms with Gasteiger partial charge in [-0.3, -0.25) is 9.98 Å². The predicted molar refractivity (Wildman–Crippen MR) is 85.6 cm³/mol. The first-order valence-corrected chi connectivity index (χ1v) is 7.50. The number of hydrogen-bond donors (Lipinski definition) is 1. The molecule has 1 unspecified atom stereocenters. The maximum absolute atomic E-state index is 6.03. The first kappa shape index (κ1) is 13.4. The number of hydrogen-bond acceptors (Lipinski definition) is 4. The molecule has 1 atom stereocenters. The van der Waals surface area contributed by atoms with Crippen LogP contribution in [0.1, 0.15) is 25.5 Å². The molecule has 1 aliphatic rings. The van der Waals surface area contributed by atoms with Crippen LogP contribution in [-0.4, -0.2) is 28.4 Å². The summed E-state index contributed by atoms with van der Waals surface area (Å²) in [6.07, 6.45) is 1.83. The van der Waals surface area contributed by atoms with Gasteiger partial charge in [0.2, 0.25) is 0 Å². The first-order chi connectivity index (χ1) is 9.59. The quantitative estimate of drug-likeness (QED) is 0.919. The number of rotatable bonds is 2. The smallest absolute Gasteiger partial charge is 0.192 e. The Kier molecular flexibility index (Phi) is 3.38. The lowest BCUT2D eigenvalue weighted by molar-refractivity contribution is 0.291. The van der Waals surface area contributed by atoms with Crippen LogP contribution in [0.4, 0.5) is 0 Å². The van der Waals surface area contributed by atoms with Crippen molar-refractivity contribution in [1.82, 2.24) is 9.88 Å². The van der Waals surface area contributed by atoms with Gasteiger partial charge in [0, 0.05) is 27.7 Å². The van der Waals surface area contributed by atoms with E-state index in [1.807, 2.05) is 12.3 Å². The number of fused-ring (bicyclic) bond motifs is 1. The van der Waals surface area contributed by atoms with Gasteiger partial charge in [0.15, 0.2) is 5.96 Å². The van der Waals surface area contributed by atoms with E-state index >= 15 is 0 Å². The van der Waals surface area contributed by atoms with Crippen molar-refractivity contribution >= 4 is 32.8 Å². The summed E-state index contributed by atoms with van der Waals surface area (Å²) in [7, 11) is 0. The van der Waals surface area contributed by atoms with Crippen molar-refractivity contribution in [2.24, 2.45) is 10.7 Å². The summed E-state index contributed by atoms with van der Waals surface area (Å²) in [6, 6.07) is 8.71. The Balaban J connectivity index is 2.14. The van der Waals surface area contributed by atoms with E-state index < -0.39 is 0 Å². The molecule has 0 radical (unpaired) electrons. The molecule has 1 aromatic heterocycles. The van der Waals surface area contributed by atoms with Crippen LogP contribution in [0.15, 0.2) is 39.9 Å². The van der Waals surface area contributed by atoms with Gasteiger partial charge in [0.25, 0.3) is 0 Å². The second-order valence-corrected chi connectivity index (χ2v) is 6.11. The number of halogens is 1. The molecule has 4 nitrogen and oxygen atoms in total. The molecule has 2 N–H and O–H groups in total. The maximum atomic E-state index is 6.03. The van der Waals surface area contributed by atoms with Gasteiger partial charge >= 0.3 is 0 Å². The number of aromatic nitrogens is 1. The molecule has 2 heterocycles. The number of nitrogens with two attached hydrogens (primary N) is 1. The highest BCUT2D eigenvalue weighted by molar-refractivity contribution is 9.10. The zero-order valence-electron chi connectivity index (χ0n) is 11.5. The summed E-state index contributed by atoms with van der Waals surface area (Å²) in [5, 5.41) is 1.12. The van der Waals surface area contributed by atoms with Crippen molar-refractivity contribution in [2.45, 2.75) is 25.9 Å². The van der Waals surface area contributed by atoms with Crippen molar-refractivity contribution in [3.63, 3.8) is 0 Å². The lowest BCUT2D eigenvalue weighted by Crippen LogP contribution is -2.41. The van der Waals surface area contributed by atoms with E-state index in [0.29, 0.717) is 18.5 Å². The summed E-state index contributed by atoms with van der Waals surface area (Å²) in [6.45, 7) is 4.96. The zero-order valence-corrected chi connectivity index (χ0v) is 13.1. The first-order valence-electron chi connectivity index (χ1n) is 6.71. The van der Waals surface area contributed by atoms with Crippen LogP contribution >= 0.6 is 15.9 Å². The van der Waals surface area contributed by atoms with Crippen molar-refractivity contribution in [1.29, 1.82) is 0 Å². The third-order valence-corrected chi connectivity index (χ3v) is 4.38. The van der Waals surface area contributed by atoms with Gasteiger partial charge in [-0.05, 0) is 26.0 Å². The van der Waals surface area contributed by atoms with E-state index in [-0.39, 0.29) is 6.04 Å². The van der Waals surface area contributed by atoms with Gasteiger partial charge < -0.3 is 10.6 Å². The van der Waals surface area contributed by atoms with Crippen LogP contribution in [0.2, 0.25) is 0 Å². The van der Waals surface area contributed by atoms with Crippen LogP contribution in [0.25, 0.3) is 10.9 Å². The van der Waals surface area contributed by atoms with Crippen molar-refractivity contribution in [3.05, 3.63) is 40.5 Å². The summed E-state index contributed by atoms with van der Waals surface area (Å²) < 4.78 is 1.06. The molecule has 0 saturated heterocycles. The van der Waals surface area contributed by atoms with E-state index in [9.17, 15) is 0 Å². The Morgan fingerprint density at radius 3 is 2.90 bits per heavy atom. The molecule has 2 aromatic rings. The fraction of sp³-hybridized carbons (Fsp3) is 0.333. The predicted octanol–water partition coefficient (Wildman–Crippen LogP) is 3.08. The summed E-state index contributed by atoms with van der Waals surface area (Å²) >= 11 is 3.59. The van der Waals surface area contributed by atoms with Crippen molar-refractivity contribution < 1.29 is 0 Å². The molecule has 0 spiro atoms. The van der Waals surface area contributed by atoms with Gasteiger partial charge in [-0.2, -0.15) is 0 Å². The minimum absolute atomic E-state index is 0.167. The highest BCUT2D eigenvalue weighted by Crippen LogP contribution is 2.34. The molecule has 0 saturated carbocycles. The van der Waals surface area contributed by atoms with Gasteiger partial charge in [-0.1, -0.05) is 28.1 Å². The molecule has 0 amide bonds. The van der Waals surface area contributed by atoms with E-state index in [4.69, 9.17) is 5.73 Å². The Labute approximate surface area is 126 Å². The van der Waals surface area contributed by atoms with E-state index in [1.54, 1.807) is 0 Å². The maximum Gasteiger partial charge on any atom is 0.192 e. The fourth-order valence-corrected chi connectivity index (χ4v) is 3.26. The lowest BCUT2D eigenvalue weighted by Gasteiger charge is -2.30. The third-order valence-electron chi connectivity index (χ3n) is 3.69. The lowest BCUT2D eigenvalue weighted by atomic mass is 10.0. The molecule has 104 valence electrons. The summed E-state index contributed by atoms with van der Waals surface area (Å²) in [5.74, 6) is 0.622. The average Bonchev–Trinajstić information content (AvgIpc) is 2.81. The van der Waals surface area contributed by atoms with Gasteiger partial charge in [0.1, 0.15) is 0 Å². The van der Waals surface area contributed by atoms with Crippen LogP contribution in [0.3, 0.4) is 0 Å². The standard InChI is InChI=1S/C15H17BrN4/c1-9(2)20-13(8-19-15(20)17)11-5-6-12(16)10-4-3-7-18-14(10)11/h3-7,9,13H,8H2,1-2H3,(H2,17,19). The van der Waals surface area contributed by atoms with Crippen LogP contribution in [0.5, 0.6) is 0 Å². The van der Waals surface area contributed by atoms with Crippen molar-refractivity contribution in [3.8, 4) is 0 Å². The monoisotopic (exact) mass is 332 g/mol. The van der Waals surface area contributed by atoms with Crippen LogP contribution in [-0.2, 0) is 0 Å². The third kappa shape index (κ3) is 2.06. The second-order valence-electron chi connectivity index (χ2n) is 5.25. The highest BCUT2D eigenvalue weighted by atomic mass is 79.9. The minimum atomic E-state index is 0.167.